The number of nitrogens with zero attached hydrogens (tertiary/aromatic N) is 2. The van der Waals surface area contributed by atoms with Crippen LogP contribution in [-0.2, 0) is 13.5 Å². The third kappa shape index (κ3) is 3.70. The average molecular weight is 288 g/mol. The Hall–Kier alpha value is -2.10. The summed E-state index contributed by atoms with van der Waals surface area (Å²) in [7, 11) is 1.89. The summed E-state index contributed by atoms with van der Waals surface area (Å²) in [6, 6.07) is 5.56. The summed E-state index contributed by atoms with van der Waals surface area (Å²) in [5.74, 6) is 5.62. The number of hydrogen-bond donors (Lipinski definition) is 2. The van der Waals surface area contributed by atoms with Crippen LogP contribution in [0.1, 0.15) is 20.2 Å². The van der Waals surface area contributed by atoms with Crippen LogP contribution in [0, 0.1) is 11.8 Å². The lowest BCUT2D eigenvalue weighted by molar-refractivity contribution is 0.0958. The first-order chi connectivity index (χ1) is 9.70. The number of rotatable bonds is 4. The molecule has 0 spiro atoms. The molecule has 0 fully saturated rings. The minimum atomic E-state index is -0.0713. The lowest BCUT2D eigenvalue weighted by Crippen LogP contribution is -2.25. The Morgan fingerprint density at radius 1 is 1.50 bits per heavy atom. The van der Waals surface area contributed by atoms with Gasteiger partial charge in [0.2, 0.25) is 0 Å². The van der Waals surface area contributed by atoms with Gasteiger partial charge in [-0.25, -0.2) is 0 Å². The standard InChI is InChI=1S/C14H16N4OS/c1-18-11(7-10-17-18)6-9-16-14(19)13-5-4-12(20-13)3-2-8-15/h4-5,7,10H,6,8-9,15H2,1H3,(H,16,19). The van der Waals surface area contributed by atoms with Gasteiger partial charge in [0.25, 0.3) is 5.91 Å². The maximum atomic E-state index is 11.9. The Labute approximate surface area is 121 Å². The molecular weight excluding hydrogens is 272 g/mol. The van der Waals surface area contributed by atoms with Crippen molar-refractivity contribution in [3.8, 4) is 11.8 Å². The van der Waals surface area contributed by atoms with Crippen LogP contribution in [0.3, 0.4) is 0 Å². The second-order valence-corrected chi connectivity index (χ2v) is 5.21. The average Bonchev–Trinajstić information content (AvgIpc) is 3.06. The lowest BCUT2D eigenvalue weighted by Gasteiger charge is -2.03. The molecule has 2 aromatic rings. The number of thiophene rings is 1. The van der Waals surface area contributed by atoms with Crippen LogP contribution in [-0.4, -0.2) is 28.8 Å². The third-order valence-electron chi connectivity index (χ3n) is 2.73. The molecule has 0 aliphatic heterocycles. The van der Waals surface area contributed by atoms with Crippen molar-refractivity contribution in [1.29, 1.82) is 0 Å². The Kier molecular flexibility index (Phi) is 4.93. The monoisotopic (exact) mass is 288 g/mol. The zero-order chi connectivity index (χ0) is 14.4. The Morgan fingerprint density at radius 2 is 2.35 bits per heavy atom. The van der Waals surface area contributed by atoms with E-state index in [1.807, 2.05) is 19.2 Å². The number of hydrogen-bond acceptors (Lipinski definition) is 4. The number of nitrogens with one attached hydrogen (secondary N) is 1. The fourth-order valence-electron chi connectivity index (χ4n) is 1.70. The van der Waals surface area contributed by atoms with Crippen LogP contribution >= 0.6 is 11.3 Å². The first-order valence-electron chi connectivity index (χ1n) is 6.24. The molecule has 0 aliphatic carbocycles. The van der Waals surface area contributed by atoms with Gasteiger partial charge in [-0.05, 0) is 18.2 Å². The van der Waals surface area contributed by atoms with Crippen LogP contribution in [0.25, 0.3) is 0 Å². The van der Waals surface area contributed by atoms with Crippen molar-refractivity contribution < 1.29 is 4.79 Å². The van der Waals surface area contributed by atoms with Gasteiger partial charge in [0.05, 0.1) is 16.3 Å². The van der Waals surface area contributed by atoms with E-state index in [9.17, 15) is 4.79 Å². The summed E-state index contributed by atoms with van der Waals surface area (Å²) in [4.78, 5) is 13.5. The third-order valence-corrected chi connectivity index (χ3v) is 3.73. The predicted octanol–water partition coefficient (Wildman–Crippen LogP) is 0.764. The minimum absolute atomic E-state index is 0.0713. The van der Waals surface area contributed by atoms with Crippen molar-refractivity contribution in [2.45, 2.75) is 6.42 Å². The molecule has 0 unspecified atom stereocenters. The van der Waals surface area contributed by atoms with Gasteiger partial charge in [0, 0.05) is 31.9 Å². The molecule has 2 aromatic heterocycles. The summed E-state index contributed by atoms with van der Waals surface area (Å²) in [5.41, 5.74) is 6.40. The van der Waals surface area contributed by atoms with E-state index in [-0.39, 0.29) is 5.91 Å². The normalized spacial score (nSPS) is 9.90. The maximum absolute atomic E-state index is 11.9. The van der Waals surface area contributed by atoms with E-state index >= 15 is 0 Å². The highest BCUT2D eigenvalue weighted by Gasteiger charge is 2.08. The fourth-order valence-corrected chi connectivity index (χ4v) is 2.50. The summed E-state index contributed by atoms with van der Waals surface area (Å²) < 4.78 is 1.80. The molecule has 1 amide bonds. The van der Waals surface area contributed by atoms with Crippen molar-refractivity contribution in [2.75, 3.05) is 13.1 Å². The highest BCUT2D eigenvalue weighted by molar-refractivity contribution is 7.14. The smallest absolute Gasteiger partial charge is 0.261 e. The summed E-state index contributed by atoms with van der Waals surface area (Å²) in [6.07, 6.45) is 2.51. The molecule has 6 heteroatoms. The van der Waals surface area contributed by atoms with Gasteiger partial charge in [-0.15, -0.1) is 11.3 Å². The molecule has 5 nitrogen and oxygen atoms in total. The number of aromatic nitrogens is 2. The molecule has 104 valence electrons. The Bertz CT molecular complexity index is 647. The van der Waals surface area contributed by atoms with Crippen LogP contribution in [0.4, 0.5) is 0 Å². The lowest BCUT2D eigenvalue weighted by atomic mass is 10.3. The molecule has 20 heavy (non-hydrogen) atoms. The van der Waals surface area contributed by atoms with Gasteiger partial charge in [-0.2, -0.15) is 5.10 Å². The van der Waals surface area contributed by atoms with E-state index in [0.717, 1.165) is 17.0 Å². The number of nitrogens with two attached hydrogens (primary N) is 1. The highest BCUT2D eigenvalue weighted by Crippen LogP contribution is 2.15. The van der Waals surface area contributed by atoms with E-state index in [4.69, 9.17) is 5.73 Å². The number of carbonyl (C=O) groups excluding carboxylic acids is 1. The maximum Gasteiger partial charge on any atom is 0.261 e. The van der Waals surface area contributed by atoms with Gasteiger partial charge in [0.15, 0.2) is 0 Å². The summed E-state index contributed by atoms with van der Waals surface area (Å²) >= 11 is 1.37. The van der Waals surface area contributed by atoms with E-state index in [1.165, 1.54) is 11.3 Å². The van der Waals surface area contributed by atoms with E-state index in [2.05, 4.69) is 22.3 Å². The second-order valence-electron chi connectivity index (χ2n) is 4.12. The zero-order valence-electron chi connectivity index (χ0n) is 11.2. The van der Waals surface area contributed by atoms with Crippen LogP contribution in [0.15, 0.2) is 24.4 Å². The van der Waals surface area contributed by atoms with E-state index < -0.39 is 0 Å². The highest BCUT2D eigenvalue weighted by atomic mass is 32.1. The molecule has 0 aromatic carbocycles. The van der Waals surface area contributed by atoms with Gasteiger partial charge in [-0.3, -0.25) is 9.48 Å². The molecule has 0 radical (unpaired) electrons. The van der Waals surface area contributed by atoms with Crippen LogP contribution < -0.4 is 11.1 Å². The van der Waals surface area contributed by atoms with E-state index in [1.54, 1.807) is 16.9 Å². The van der Waals surface area contributed by atoms with E-state index in [0.29, 0.717) is 18.0 Å². The van der Waals surface area contributed by atoms with Crippen molar-refractivity contribution in [1.82, 2.24) is 15.1 Å². The van der Waals surface area contributed by atoms with Crippen molar-refractivity contribution in [3.63, 3.8) is 0 Å². The van der Waals surface area contributed by atoms with Crippen LogP contribution in [0.5, 0.6) is 0 Å². The Morgan fingerprint density at radius 3 is 3.05 bits per heavy atom. The minimum Gasteiger partial charge on any atom is -0.351 e. The molecule has 0 saturated heterocycles. The van der Waals surface area contributed by atoms with Gasteiger partial charge in [0.1, 0.15) is 0 Å². The van der Waals surface area contributed by atoms with Gasteiger partial charge < -0.3 is 11.1 Å². The Balaban J connectivity index is 1.86. The number of carbonyl (C=O) groups is 1. The fraction of sp³-hybridized carbons (Fsp3) is 0.286. The molecule has 2 heterocycles. The molecule has 0 saturated carbocycles. The molecule has 3 N–H and O–H groups in total. The first-order valence-corrected chi connectivity index (χ1v) is 7.06. The topological polar surface area (TPSA) is 72.9 Å². The number of amides is 1. The SMILES string of the molecule is Cn1nccc1CCNC(=O)c1ccc(C#CCN)s1. The van der Waals surface area contributed by atoms with Crippen molar-refractivity contribution in [3.05, 3.63) is 39.8 Å². The molecular formula is C14H16N4OS. The summed E-state index contributed by atoms with van der Waals surface area (Å²) in [5, 5.41) is 6.98. The quantitative estimate of drug-likeness (QED) is 0.816. The largest absolute Gasteiger partial charge is 0.351 e. The molecule has 0 aliphatic rings. The number of aryl methyl sites for hydroxylation is 1. The predicted molar refractivity (Wildman–Crippen MR) is 79.5 cm³/mol. The second kappa shape index (κ2) is 6.89. The molecule has 0 atom stereocenters. The van der Waals surface area contributed by atoms with Crippen molar-refractivity contribution >= 4 is 17.2 Å². The summed E-state index contributed by atoms with van der Waals surface area (Å²) in [6.45, 7) is 0.907. The van der Waals surface area contributed by atoms with Crippen LogP contribution in [0.2, 0.25) is 0 Å². The van der Waals surface area contributed by atoms with Gasteiger partial charge >= 0.3 is 0 Å². The molecule has 0 bridgehead atoms. The molecule has 2 rings (SSSR count). The van der Waals surface area contributed by atoms with Gasteiger partial charge in [-0.1, -0.05) is 11.8 Å². The zero-order valence-corrected chi connectivity index (χ0v) is 12.0. The van der Waals surface area contributed by atoms with Crippen molar-refractivity contribution in [2.24, 2.45) is 12.8 Å². The first kappa shape index (κ1) is 14.3.